The van der Waals surface area contributed by atoms with Crippen molar-refractivity contribution < 1.29 is 0 Å². The van der Waals surface area contributed by atoms with Crippen LogP contribution >= 0.6 is 11.6 Å². The largest absolute Gasteiger partial charge is 0.388 e. The fourth-order valence-corrected chi connectivity index (χ4v) is 3.31. The number of pyridine rings is 1. The highest BCUT2D eigenvalue weighted by Crippen LogP contribution is 2.41. The SMILES string of the molecule is CNc1cc(NC)c(-c2cccc3c(Cl)cc(C)nc23)c(NC)c1. The number of aryl methyl sites for hydroxylation is 1. The first-order chi connectivity index (χ1) is 11.6. The van der Waals surface area contributed by atoms with Crippen molar-refractivity contribution in [2.45, 2.75) is 6.92 Å². The monoisotopic (exact) mass is 340 g/mol. The Bertz CT molecular complexity index is 880. The minimum absolute atomic E-state index is 0.725. The Morgan fingerprint density at radius 1 is 0.917 bits per heavy atom. The molecule has 0 amide bonds. The molecule has 0 saturated carbocycles. The van der Waals surface area contributed by atoms with Crippen LogP contribution in [0.25, 0.3) is 22.0 Å². The van der Waals surface area contributed by atoms with Crippen molar-refractivity contribution in [1.29, 1.82) is 0 Å². The number of fused-ring (bicyclic) bond motifs is 1. The lowest BCUT2D eigenvalue weighted by atomic mass is 9.97. The normalized spacial score (nSPS) is 10.7. The van der Waals surface area contributed by atoms with Gasteiger partial charge in [-0.05, 0) is 25.1 Å². The van der Waals surface area contributed by atoms with Gasteiger partial charge in [0.1, 0.15) is 0 Å². The predicted molar refractivity (Wildman–Crippen MR) is 106 cm³/mol. The van der Waals surface area contributed by atoms with Crippen molar-refractivity contribution in [3.05, 3.63) is 47.1 Å². The molecule has 0 fully saturated rings. The molecule has 5 heteroatoms. The molecule has 124 valence electrons. The summed E-state index contributed by atoms with van der Waals surface area (Å²) in [7, 11) is 5.76. The lowest BCUT2D eigenvalue weighted by Crippen LogP contribution is -2.01. The molecule has 4 nitrogen and oxygen atoms in total. The Morgan fingerprint density at radius 2 is 1.58 bits per heavy atom. The molecule has 0 aliphatic rings. The van der Waals surface area contributed by atoms with Crippen LogP contribution in [-0.4, -0.2) is 26.1 Å². The summed E-state index contributed by atoms with van der Waals surface area (Å²) in [5.74, 6) is 0. The zero-order valence-electron chi connectivity index (χ0n) is 14.3. The number of nitrogens with zero attached hydrogens (tertiary/aromatic N) is 1. The molecule has 24 heavy (non-hydrogen) atoms. The third-order valence-corrected chi connectivity index (χ3v) is 4.46. The smallest absolute Gasteiger partial charge is 0.0800 e. The minimum atomic E-state index is 0.725. The van der Waals surface area contributed by atoms with E-state index in [1.165, 1.54) is 0 Å². The van der Waals surface area contributed by atoms with E-state index in [4.69, 9.17) is 16.6 Å². The lowest BCUT2D eigenvalue weighted by molar-refractivity contribution is 1.26. The Balaban J connectivity index is 2.39. The second-order valence-corrected chi connectivity index (χ2v) is 6.05. The molecule has 3 N–H and O–H groups in total. The van der Waals surface area contributed by atoms with Crippen molar-refractivity contribution in [1.82, 2.24) is 4.98 Å². The molecule has 2 aromatic carbocycles. The van der Waals surface area contributed by atoms with Gasteiger partial charge in [0.2, 0.25) is 0 Å². The van der Waals surface area contributed by atoms with Gasteiger partial charge < -0.3 is 16.0 Å². The standard InChI is InChI=1S/C19H21ClN4/c1-11-8-15(20)13-6-5-7-14(19(13)24-11)18-16(22-3)9-12(21-2)10-17(18)23-4/h5-10,21-23H,1-4H3. The summed E-state index contributed by atoms with van der Waals surface area (Å²) >= 11 is 6.44. The van der Waals surface area contributed by atoms with Gasteiger partial charge in [0.15, 0.2) is 0 Å². The van der Waals surface area contributed by atoms with E-state index in [0.29, 0.717) is 0 Å². The van der Waals surface area contributed by atoms with Crippen LogP contribution in [-0.2, 0) is 0 Å². The van der Waals surface area contributed by atoms with Crippen LogP contribution < -0.4 is 16.0 Å². The second kappa shape index (κ2) is 6.57. The van der Waals surface area contributed by atoms with Crippen molar-refractivity contribution >= 4 is 39.6 Å². The van der Waals surface area contributed by atoms with E-state index < -0.39 is 0 Å². The quantitative estimate of drug-likeness (QED) is 0.626. The zero-order valence-corrected chi connectivity index (χ0v) is 15.0. The Hall–Kier alpha value is -2.46. The summed E-state index contributed by atoms with van der Waals surface area (Å²) in [4.78, 5) is 4.75. The molecule has 3 rings (SSSR count). The topological polar surface area (TPSA) is 49.0 Å². The average molecular weight is 341 g/mol. The summed E-state index contributed by atoms with van der Waals surface area (Å²) in [6.07, 6.45) is 0. The van der Waals surface area contributed by atoms with E-state index in [2.05, 4.69) is 34.1 Å². The molecule has 0 radical (unpaired) electrons. The first-order valence-electron chi connectivity index (χ1n) is 7.86. The van der Waals surface area contributed by atoms with Crippen LogP contribution in [0.4, 0.5) is 17.1 Å². The number of para-hydroxylation sites is 1. The number of hydrogen-bond donors (Lipinski definition) is 3. The summed E-state index contributed by atoms with van der Waals surface area (Å²) in [5, 5.41) is 11.5. The fourth-order valence-electron chi connectivity index (χ4n) is 3.00. The molecule has 0 unspecified atom stereocenters. The number of hydrogen-bond acceptors (Lipinski definition) is 4. The van der Waals surface area contributed by atoms with Gasteiger partial charge in [-0.2, -0.15) is 0 Å². The molecule has 0 saturated heterocycles. The van der Waals surface area contributed by atoms with Crippen LogP contribution in [0.15, 0.2) is 36.4 Å². The van der Waals surface area contributed by atoms with E-state index in [1.54, 1.807) is 0 Å². The predicted octanol–water partition coefficient (Wildman–Crippen LogP) is 4.99. The van der Waals surface area contributed by atoms with Gasteiger partial charge >= 0.3 is 0 Å². The highest BCUT2D eigenvalue weighted by Gasteiger charge is 2.16. The highest BCUT2D eigenvalue weighted by molar-refractivity contribution is 6.35. The first kappa shape index (κ1) is 16.4. The zero-order chi connectivity index (χ0) is 17.3. The molecular weight excluding hydrogens is 320 g/mol. The third kappa shape index (κ3) is 2.74. The van der Waals surface area contributed by atoms with Crippen LogP contribution in [0.2, 0.25) is 5.02 Å². The molecule has 0 spiro atoms. The molecular formula is C19H21ClN4. The third-order valence-electron chi connectivity index (χ3n) is 4.15. The molecule has 0 atom stereocenters. The van der Waals surface area contributed by atoms with Crippen LogP contribution in [0.3, 0.4) is 0 Å². The van der Waals surface area contributed by atoms with Gasteiger partial charge in [-0.1, -0.05) is 29.8 Å². The van der Waals surface area contributed by atoms with Crippen molar-refractivity contribution in [2.24, 2.45) is 0 Å². The summed E-state index contributed by atoms with van der Waals surface area (Å²) in [6.45, 7) is 1.96. The maximum absolute atomic E-state index is 6.44. The van der Waals surface area contributed by atoms with Crippen molar-refractivity contribution in [3.8, 4) is 11.1 Å². The van der Waals surface area contributed by atoms with E-state index in [-0.39, 0.29) is 0 Å². The number of halogens is 1. The summed E-state index contributed by atoms with van der Waals surface area (Å²) in [5.41, 5.74) is 7.04. The molecule has 1 heterocycles. The number of nitrogens with one attached hydrogen (secondary N) is 3. The van der Waals surface area contributed by atoms with Gasteiger partial charge in [0, 0.05) is 60.4 Å². The van der Waals surface area contributed by atoms with Gasteiger partial charge in [0.05, 0.1) is 10.5 Å². The molecule has 0 aliphatic heterocycles. The van der Waals surface area contributed by atoms with E-state index in [1.807, 2.05) is 46.3 Å². The number of aromatic nitrogens is 1. The van der Waals surface area contributed by atoms with Gasteiger partial charge in [-0.15, -0.1) is 0 Å². The Labute approximate surface area is 147 Å². The lowest BCUT2D eigenvalue weighted by Gasteiger charge is -2.18. The second-order valence-electron chi connectivity index (χ2n) is 5.64. The van der Waals surface area contributed by atoms with Gasteiger partial charge in [-0.3, -0.25) is 4.98 Å². The molecule has 3 aromatic rings. The molecule has 0 bridgehead atoms. The average Bonchev–Trinajstić information content (AvgIpc) is 2.60. The van der Waals surface area contributed by atoms with Crippen LogP contribution in [0.5, 0.6) is 0 Å². The molecule has 1 aromatic heterocycles. The van der Waals surface area contributed by atoms with Gasteiger partial charge in [0.25, 0.3) is 0 Å². The number of anilines is 3. The van der Waals surface area contributed by atoms with Crippen LogP contribution in [0.1, 0.15) is 5.69 Å². The summed E-state index contributed by atoms with van der Waals surface area (Å²) < 4.78 is 0. The van der Waals surface area contributed by atoms with Crippen molar-refractivity contribution in [3.63, 3.8) is 0 Å². The minimum Gasteiger partial charge on any atom is -0.388 e. The Kier molecular flexibility index (Phi) is 4.49. The van der Waals surface area contributed by atoms with E-state index in [0.717, 1.165) is 49.8 Å². The molecule has 0 aliphatic carbocycles. The van der Waals surface area contributed by atoms with Gasteiger partial charge in [-0.25, -0.2) is 0 Å². The first-order valence-corrected chi connectivity index (χ1v) is 8.24. The number of rotatable bonds is 4. The fraction of sp³-hybridized carbons (Fsp3) is 0.211. The number of benzene rings is 2. The maximum Gasteiger partial charge on any atom is 0.0800 e. The summed E-state index contributed by atoms with van der Waals surface area (Å²) in [6, 6.07) is 12.2. The van der Waals surface area contributed by atoms with E-state index in [9.17, 15) is 0 Å². The maximum atomic E-state index is 6.44. The van der Waals surface area contributed by atoms with Crippen molar-refractivity contribution in [2.75, 3.05) is 37.1 Å². The van der Waals surface area contributed by atoms with Crippen LogP contribution in [0, 0.1) is 6.92 Å². The Morgan fingerprint density at radius 3 is 2.17 bits per heavy atom. The van der Waals surface area contributed by atoms with E-state index >= 15 is 0 Å². The highest BCUT2D eigenvalue weighted by atomic mass is 35.5.